The van der Waals surface area contributed by atoms with Crippen LogP contribution < -0.4 is 5.11 Å². The predicted molar refractivity (Wildman–Crippen MR) is 51.3 cm³/mol. The van der Waals surface area contributed by atoms with Crippen molar-refractivity contribution < 1.29 is 14.3 Å². The summed E-state index contributed by atoms with van der Waals surface area (Å²) in [4.78, 5) is 2.50. The molecule has 14 heavy (non-hydrogen) atoms. The fourth-order valence-corrected chi connectivity index (χ4v) is 2.36. The highest BCUT2D eigenvalue weighted by atomic mass is 16.6. The summed E-state index contributed by atoms with van der Waals surface area (Å²) in [6.45, 7) is 7.98. The lowest BCUT2D eigenvalue weighted by molar-refractivity contribution is -0.935. The van der Waals surface area contributed by atoms with Gasteiger partial charge in [-0.2, -0.15) is 0 Å². The second-order valence-electron chi connectivity index (χ2n) is 4.26. The normalized spacial score (nSPS) is 37.2. The fourth-order valence-electron chi connectivity index (χ4n) is 2.36. The number of piperazine rings is 3. The molecule has 3 aliphatic heterocycles. The van der Waals surface area contributed by atoms with Gasteiger partial charge in [0.1, 0.15) is 0 Å². The van der Waals surface area contributed by atoms with Crippen LogP contribution in [0.2, 0.25) is 0 Å². The van der Waals surface area contributed by atoms with Gasteiger partial charge in [-0.3, -0.25) is 4.90 Å². The van der Waals surface area contributed by atoms with E-state index < -0.39 is 0 Å². The molecule has 0 unspecified atom stereocenters. The molecule has 0 amide bonds. The van der Waals surface area contributed by atoms with E-state index in [4.69, 9.17) is 0 Å². The zero-order chi connectivity index (χ0) is 10.0. The van der Waals surface area contributed by atoms with E-state index in [1.807, 2.05) is 0 Å². The second-order valence-corrected chi connectivity index (χ2v) is 4.26. The maximum atomic E-state index is 11.0. The van der Waals surface area contributed by atoms with Crippen LogP contribution in [0.1, 0.15) is 0 Å². The summed E-state index contributed by atoms with van der Waals surface area (Å²) in [5.74, 6) is -0.189. The van der Waals surface area contributed by atoms with E-state index in [9.17, 15) is 5.11 Å². The van der Waals surface area contributed by atoms with Gasteiger partial charge in [-0.05, 0) is 13.2 Å². The van der Waals surface area contributed by atoms with Gasteiger partial charge >= 0.3 is 0 Å². The Morgan fingerprint density at radius 2 is 1.93 bits per heavy atom. The van der Waals surface area contributed by atoms with E-state index >= 15 is 0 Å². The third-order valence-corrected chi connectivity index (χ3v) is 3.52. The number of nitrogens with zero attached hydrogens (tertiary/aromatic N) is 2. The van der Waals surface area contributed by atoms with Crippen molar-refractivity contribution in [1.82, 2.24) is 4.90 Å². The highest BCUT2D eigenvalue weighted by Crippen LogP contribution is 2.19. The maximum absolute atomic E-state index is 11.0. The molecule has 0 radical (unpaired) electrons. The van der Waals surface area contributed by atoms with Crippen molar-refractivity contribution in [2.24, 2.45) is 0 Å². The van der Waals surface area contributed by atoms with Crippen LogP contribution >= 0.6 is 0 Å². The summed E-state index contributed by atoms with van der Waals surface area (Å²) in [5, 5.41) is 11.0. The van der Waals surface area contributed by atoms with Crippen molar-refractivity contribution in [2.45, 2.75) is 0 Å². The molecule has 4 heteroatoms. The number of rotatable bonds is 3. The van der Waals surface area contributed by atoms with Gasteiger partial charge in [0.05, 0.1) is 32.1 Å². The lowest BCUT2D eigenvalue weighted by Gasteiger charge is -2.50. The standard InChI is InChI=1S/C10H18N2O2/c1-14-10(13)2-6-12-7-3-11(4-8-12)5-9-12/h2H,3-9H2,1H3/b10-2-. The van der Waals surface area contributed by atoms with Crippen molar-refractivity contribution in [3.05, 3.63) is 12.0 Å². The summed E-state index contributed by atoms with van der Waals surface area (Å²) in [6, 6.07) is 0. The first-order valence-corrected chi connectivity index (χ1v) is 5.23. The van der Waals surface area contributed by atoms with E-state index in [-0.39, 0.29) is 5.95 Å². The van der Waals surface area contributed by atoms with Crippen molar-refractivity contribution in [1.29, 1.82) is 0 Å². The number of hydrogen-bond donors (Lipinski definition) is 0. The molecule has 3 heterocycles. The topological polar surface area (TPSA) is 35.5 Å². The van der Waals surface area contributed by atoms with Gasteiger partial charge in [0.2, 0.25) is 0 Å². The Hall–Kier alpha value is -0.740. The first-order valence-electron chi connectivity index (χ1n) is 5.23. The van der Waals surface area contributed by atoms with Gasteiger partial charge in [0, 0.05) is 19.6 Å². The van der Waals surface area contributed by atoms with Gasteiger partial charge in [-0.1, -0.05) is 0 Å². The van der Waals surface area contributed by atoms with Crippen LogP contribution in [0.15, 0.2) is 12.0 Å². The molecule has 0 saturated carbocycles. The molecule has 0 atom stereocenters. The number of quaternary nitrogens is 1. The van der Waals surface area contributed by atoms with Gasteiger partial charge in [-0.15, -0.1) is 0 Å². The Morgan fingerprint density at radius 3 is 2.43 bits per heavy atom. The van der Waals surface area contributed by atoms with Crippen LogP contribution in [-0.4, -0.2) is 62.3 Å². The molecule has 0 spiro atoms. The summed E-state index contributed by atoms with van der Waals surface area (Å²) in [7, 11) is 1.44. The quantitative estimate of drug-likeness (QED) is 0.430. The number of ether oxygens (including phenoxy) is 1. The molecule has 0 N–H and O–H groups in total. The maximum Gasteiger partial charge on any atom is 0.0995 e. The first-order chi connectivity index (χ1) is 6.74. The molecule has 0 aliphatic carbocycles. The van der Waals surface area contributed by atoms with Gasteiger partial charge < -0.3 is 14.3 Å². The second kappa shape index (κ2) is 3.79. The molecular formula is C10H18N2O2. The molecule has 0 aromatic rings. The average Bonchev–Trinajstić information content (AvgIpc) is 2.28. The molecule has 3 aliphatic rings. The van der Waals surface area contributed by atoms with E-state index in [2.05, 4.69) is 9.64 Å². The van der Waals surface area contributed by atoms with E-state index in [1.165, 1.54) is 46.4 Å². The highest BCUT2D eigenvalue weighted by molar-refractivity contribution is 4.82. The molecule has 3 rings (SSSR count). The van der Waals surface area contributed by atoms with Crippen LogP contribution in [0.4, 0.5) is 0 Å². The average molecular weight is 198 g/mol. The number of hydrogen-bond acceptors (Lipinski definition) is 3. The monoisotopic (exact) mass is 198 g/mol. The number of fused-ring (bicyclic) bond motifs is 3. The molecule has 80 valence electrons. The summed E-state index contributed by atoms with van der Waals surface area (Å²) >= 11 is 0. The van der Waals surface area contributed by atoms with Gasteiger partial charge in [-0.25, -0.2) is 0 Å². The minimum atomic E-state index is -0.189. The molecule has 0 aromatic carbocycles. The SMILES string of the molecule is CO/C([O-])=C\C[N+]12CCN(CC1)CC2. The lowest BCUT2D eigenvalue weighted by atomic mass is 10.1. The Bertz CT molecular complexity index is 219. The Kier molecular flexibility index (Phi) is 2.65. The van der Waals surface area contributed by atoms with Crippen molar-refractivity contribution >= 4 is 0 Å². The molecule has 0 aromatic heterocycles. The fraction of sp³-hybridized carbons (Fsp3) is 0.800. The highest BCUT2D eigenvalue weighted by Gasteiger charge is 2.37. The Balaban J connectivity index is 1.95. The smallest absolute Gasteiger partial charge is 0.0995 e. The summed E-state index contributed by atoms with van der Waals surface area (Å²) in [6.07, 6.45) is 1.70. The largest absolute Gasteiger partial charge is 0.617 e. The van der Waals surface area contributed by atoms with Crippen LogP contribution in [0.25, 0.3) is 0 Å². The van der Waals surface area contributed by atoms with Crippen molar-refractivity contribution in [3.8, 4) is 0 Å². The van der Waals surface area contributed by atoms with Crippen LogP contribution in [-0.2, 0) is 4.74 Å². The van der Waals surface area contributed by atoms with Crippen LogP contribution in [0, 0.1) is 0 Å². The molecule has 3 fully saturated rings. The van der Waals surface area contributed by atoms with E-state index in [0.29, 0.717) is 0 Å². The third kappa shape index (κ3) is 1.86. The predicted octanol–water partition coefficient (Wildman–Crippen LogP) is -1.02. The van der Waals surface area contributed by atoms with E-state index in [1.54, 1.807) is 6.08 Å². The molecule has 4 nitrogen and oxygen atoms in total. The zero-order valence-electron chi connectivity index (χ0n) is 8.74. The minimum absolute atomic E-state index is 0.189. The van der Waals surface area contributed by atoms with Gasteiger partial charge in [0.15, 0.2) is 0 Å². The van der Waals surface area contributed by atoms with Crippen molar-refractivity contribution in [3.63, 3.8) is 0 Å². The van der Waals surface area contributed by atoms with Crippen LogP contribution in [0.5, 0.6) is 0 Å². The minimum Gasteiger partial charge on any atom is -0.617 e. The molecule has 2 bridgehead atoms. The molecular weight excluding hydrogens is 180 g/mol. The number of methoxy groups -OCH3 is 1. The Labute approximate surface area is 85.0 Å². The van der Waals surface area contributed by atoms with E-state index in [0.717, 1.165) is 11.0 Å². The van der Waals surface area contributed by atoms with Crippen molar-refractivity contribution in [2.75, 3.05) is 52.9 Å². The Morgan fingerprint density at radius 1 is 1.36 bits per heavy atom. The third-order valence-electron chi connectivity index (χ3n) is 3.52. The molecule has 3 saturated heterocycles. The van der Waals surface area contributed by atoms with Crippen LogP contribution in [0.3, 0.4) is 0 Å². The summed E-state index contributed by atoms with van der Waals surface area (Å²) in [5.41, 5.74) is 0. The summed E-state index contributed by atoms with van der Waals surface area (Å²) < 4.78 is 5.72. The zero-order valence-corrected chi connectivity index (χ0v) is 8.74. The first kappa shape index (κ1) is 9.80. The lowest BCUT2D eigenvalue weighted by Crippen LogP contribution is -2.67. The van der Waals surface area contributed by atoms with Gasteiger partial charge in [0.25, 0.3) is 0 Å².